The van der Waals surface area contributed by atoms with Crippen LogP contribution < -0.4 is 5.32 Å². The van der Waals surface area contributed by atoms with E-state index in [-0.39, 0.29) is 19.2 Å². The van der Waals surface area contributed by atoms with Crippen molar-refractivity contribution in [3.8, 4) is 0 Å². The first kappa shape index (κ1) is 17.6. The lowest BCUT2D eigenvalue weighted by atomic mass is 9.96. The summed E-state index contributed by atoms with van der Waals surface area (Å²) < 4.78 is 23.8. The number of nitrogens with zero attached hydrogens (tertiary/aromatic N) is 1. The molecule has 0 aromatic heterocycles. The van der Waals surface area contributed by atoms with Gasteiger partial charge in [0.1, 0.15) is 0 Å². The molecule has 0 aliphatic heterocycles. The van der Waals surface area contributed by atoms with Crippen LogP contribution >= 0.6 is 0 Å². The summed E-state index contributed by atoms with van der Waals surface area (Å²) in [4.78, 5) is 13.0. The van der Waals surface area contributed by atoms with Crippen molar-refractivity contribution in [2.45, 2.75) is 12.8 Å². The quantitative estimate of drug-likeness (QED) is 0.687. The molecule has 0 saturated carbocycles. The van der Waals surface area contributed by atoms with Crippen LogP contribution in [0.25, 0.3) is 0 Å². The number of amides is 2. The van der Waals surface area contributed by atoms with Gasteiger partial charge in [-0.15, -0.1) is 0 Å². The van der Waals surface area contributed by atoms with Crippen molar-refractivity contribution in [3.63, 3.8) is 0 Å². The number of urea groups is 1. The first-order valence-electron chi connectivity index (χ1n) is 6.29. The van der Waals surface area contributed by atoms with E-state index in [4.69, 9.17) is 4.55 Å². The highest BCUT2D eigenvalue weighted by Crippen LogP contribution is 2.23. The van der Waals surface area contributed by atoms with Crippen molar-refractivity contribution in [2.75, 3.05) is 32.6 Å². The molecule has 0 radical (unpaired) electrons. The van der Waals surface area contributed by atoms with Gasteiger partial charge in [-0.2, -0.15) is 4.21 Å². The number of hydrogen-bond donors (Lipinski definition) is 3. The largest absolute Gasteiger partial charge is 0.396 e. The van der Waals surface area contributed by atoms with Crippen LogP contribution in [0.4, 0.5) is 10.5 Å². The van der Waals surface area contributed by atoms with Crippen LogP contribution in [-0.2, 0) is 15.5 Å². The zero-order valence-electron chi connectivity index (χ0n) is 12.2. The zero-order chi connectivity index (χ0) is 16.0. The maximum Gasteiger partial charge on any atom is 0.321 e. The van der Waals surface area contributed by atoms with E-state index in [1.165, 1.54) is 4.90 Å². The predicted molar refractivity (Wildman–Crippen MR) is 80.4 cm³/mol. The molecule has 7 nitrogen and oxygen atoms in total. The van der Waals surface area contributed by atoms with Crippen molar-refractivity contribution < 1.29 is 22.8 Å². The summed E-state index contributed by atoms with van der Waals surface area (Å²) in [5.41, 5.74) is 2.28. The lowest BCUT2D eigenvalue weighted by molar-refractivity contribution is 0.205. The second kappa shape index (κ2) is 8.08. The molecule has 0 fully saturated rings. The van der Waals surface area contributed by atoms with Gasteiger partial charge in [0, 0.05) is 25.7 Å². The monoisotopic (exact) mass is 316 g/mol. The summed E-state index contributed by atoms with van der Waals surface area (Å²) in [6, 6.07) is 5.00. The van der Waals surface area contributed by atoms with Crippen LogP contribution in [0, 0.1) is 6.92 Å². The molecule has 2 amide bonds. The minimum absolute atomic E-state index is 0.0656. The van der Waals surface area contributed by atoms with E-state index in [0.29, 0.717) is 5.69 Å². The van der Waals surface area contributed by atoms with Gasteiger partial charge < -0.3 is 15.3 Å². The summed E-state index contributed by atoms with van der Waals surface area (Å²) in [5, 5.41) is 12.1. The third kappa shape index (κ3) is 5.43. The fraction of sp³-hybridized carbons (Fsp3) is 0.462. The first-order valence-corrected chi connectivity index (χ1v) is 7.32. The van der Waals surface area contributed by atoms with Crippen LogP contribution in [0.2, 0.25) is 0 Å². The number of nitrogens with one attached hydrogen (secondary N) is 1. The third-order valence-electron chi connectivity index (χ3n) is 2.96. The Kier molecular flexibility index (Phi) is 6.76. The van der Waals surface area contributed by atoms with Crippen molar-refractivity contribution in [1.29, 1.82) is 0 Å². The van der Waals surface area contributed by atoms with Crippen LogP contribution in [0.1, 0.15) is 17.0 Å². The maximum absolute atomic E-state index is 11.6. The van der Waals surface area contributed by atoms with Gasteiger partial charge in [0.05, 0.1) is 13.2 Å². The smallest absolute Gasteiger partial charge is 0.321 e. The summed E-state index contributed by atoms with van der Waals surface area (Å²) in [6.07, 6.45) is 0. The molecule has 0 aliphatic rings. The van der Waals surface area contributed by atoms with Crippen LogP contribution in [0.15, 0.2) is 18.2 Å². The number of anilines is 1. The van der Waals surface area contributed by atoms with E-state index >= 15 is 0 Å². The molecule has 0 aliphatic carbocycles. The van der Waals surface area contributed by atoms with Crippen molar-refractivity contribution in [1.82, 2.24) is 4.90 Å². The third-order valence-corrected chi connectivity index (χ3v) is 3.30. The predicted octanol–water partition coefficient (Wildman–Crippen LogP) is 1.32. The second-order valence-electron chi connectivity index (χ2n) is 4.78. The Morgan fingerprint density at radius 2 is 2.14 bits per heavy atom. The normalized spacial score (nSPS) is 13.6. The minimum Gasteiger partial charge on any atom is -0.396 e. The summed E-state index contributed by atoms with van der Waals surface area (Å²) in [5.74, 6) is -0.403. The molecule has 2 atom stereocenters. The zero-order valence-corrected chi connectivity index (χ0v) is 13.0. The molecule has 2 unspecified atom stereocenters. The number of carbonyl (C=O) groups is 1. The molecule has 0 spiro atoms. The van der Waals surface area contributed by atoms with Crippen LogP contribution in [0.5, 0.6) is 0 Å². The minimum atomic E-state index is -2.36. The van der Waals surface area contributed by atoms with Gasteiger partial charge in [-0.25, -0.2) is 4.79 Å². The lowest BCUT2D eigenvalue weighted by Gasteiger charge is -2.18. The van der Waals surface area contributed by atoms with Gasteiger partial charge in [0.25, 0.3) is 0 Å². The fourth-order valence-corrected chi connectivity index (χ4v) is 2.11. The van der Waals surface area contributed by atoms with Gasteiger partial charge in [-0.1, -0.05) is 6.07 Å². The van der Waals surface area contributed by atoms with E-state index in [9.17, 15) is 14.1 Å². The average molecular weight is 316 g/mol. The molecule has 0 bridgehead atoms. The Hall–Kier alpha value is -1.48. The molecule has 0 saturated heterocycles. The topological polar surface area (TPSA) is 99.1 Å². The molecular weight excluding hydrogens is 296 g/mol. The Bertz CT molecular complexity index is 521. The average Bonchev–Trinajstić information content (AvgIpc) is 2.40. The van der Waals surface area contributed by atoms with E-state index < -0.39 is 17.3 Å². The van der Waals surface area contributed by atoms with E-state index in [2.05, 4.69) is 9.50 Å². The number of aliphatic hydroxyl groups excluding tert-OH is 1. The molecule has 118 valence electrons. The summed E-state index contributed by atoms with van der Waals surface area (Å²) in [6.45, 7) is 1.56. The van der Waals surface area contributed by atoms with Gasteiger partial charge in [0.15, 0.2) is 0 Å². The lowest BCUT2D eigenvalue weighted by Crippen LogP contribution is -2.27. The number of aryl methyl sites for hydroxylation is 1. The highest BCUT2D eigenvalue weighted by atomic mass is 32.2. The number of carbonyl (C=O) groups excluding carboxylic acids is 1. The number of rotatable bonds is 6. The first-order chi connectivity index (χ1) is 9.85. The van der Waals surface area contributed by atoms with Gasteiger partial charge in [-0.3, -0.25) is 8.74 Å². The number of benzene rings is 1. The molecule has 0 heterocycles. The Labute approximate surface area is 126 Å². The van der Waals surface area contributed by atoms with Crippen molar-refractivity contribution >= 4 is 23.1 Å². The standard InChI is InChI=1S/C13H20N2O5S/c1-9-6-11(14-13(17)15(2)3)4-5-12(9)10(7-16)8-20-21(18)19/h4-6,10,16H,7-8H2,1-3H3,(H,14,17)(H,18,19). The van der Waals surface area contributed by atoms with Crippen LogP contribution in [0.3, 0.4) is 0 Å². The Balaban J connectivity index is 2.85. The van der Waals surface area contributed by atoms with Crippen molar-refractivity contribution in [2.24, 2.45) is 0 Å². The van der Waals surface area contributed by atoms with Crippen LogP contribution in [-0.4, -0.2) is 52.1 Å². The number of aliphatic hydroxyl groups is 1. The molecule has 1 rings (SSSR count). The summed E-state index contributed by atoms with van der Waals surface area (Å²) >= 11 is -2.36. The van der Waals surface area contributed by atoms with Crippen molar-refractivity contribution in [3.05, 3.63) is 29.3 Å². The maximum atomic E-state index is 11.6. The Morgan fingerprint density at radius 3 is 2.62 bits per heavy atom. The molecule has 8 heteroatoms. The summed E-state index contributed by atoms with van der Waals surface area (Å²) in [7, 11) is 3.29. The SMILES string of the molecule is Cc1cc(NC(=O)N(C)C)ccc1C(CO)COS(=O)O. The Morgan fingerprint density at radius 1 is 1.48 bits per heavy atom. The highest BCUT2D eigenvalue weighted by Gasteiger charge is 2.15. The fourth-order valence-electron chi connectivity index (χ4n) is 1.83. The van der Waals surface area contributed by atoms with Gasteiger partial charge >= 0.3 is 17.4 Å². The van der Waals surface area contributed by atoms with Gasteiger partial charge in [0.2, 0.25) is 0 Å². The van der Waals surface area contributed by atoms with E-state index in [1.54, 1.807) is 32.3 Å². The number of hydrogen-bond acceptors (Lipinski definition) is 4. The molecule has 3 N–H and O–H groups in total. The van der Waals surface area contributed by atoms with Gasteiger partial charge in [-0.05, 0) is 30.2 Å². The molecular formula is C13H20N2O5S. The molecule has 1 aromatic rings. The van der Waals surface area contributed by atoms with E-state index in [0.717, 1.165) is 11.1 Å². The second-order valence-corrected chi connectivity index (χ2v) is 5.45. The van der Waals surface area contributed by atoms with E-state index in [1.807, 2.05) is 6.92 Å². The highest BCUT2D eigenvalue weighted by molar-refractivity contribution is 7.74. The molecule has 1 aromatic carbocycles. The molecule has 21 heavy (non-hydrogen) atoms.